The highest BCUT2D eigenvalue weighted by atomic mass is 15.3. The van der Waals surface area contributed by atoms with Crippen molar-refractivity contribution in [2.45, 2.75) is 32.9 Å². The second-order valence-corrected chi connectivity index (χ2v) is 4.92. The monoisotopic (exact) mass is 257 g/mol. The van der Waals surface area contributed by atoms with Gasteiger partial charge in [0.1, 0.15) is 11.6 Å². The van der Waals surface area contributed by atoms with Gasteiger partial charge in [0.2, 0.25) is 0 Å². The van der Waals surface area contributed by atoms with E-state index in [1.54, 1.807) is 0 Å². The summed E-state index contributed by atoms with van der Waals surface area (Å²) in [6.45, 7) is 6.22. The maximum atomic E-state index is 4.29. The first-order chi connectivity index (χ1) is 9.36. The molecule has 2 aromatic rings. The fraction of sp³-hybridized carbons (Fsp3) is 0.500. The van der Waals surface area contributed by atoms with Gasteiger partial charge in [-0.1, -0.05) is 6.92 Å². The largest absolute Gasteiger partial charge is 0.313 e. The van der Waals surface area contributed by atoms with Crippen LogP contribution in [-0.4, -0.2) is 37.7 Å². The molecule has 19 heavy (non-hydrogen) atoms. The molecule has 0 aliphatic carbocycles. The minimum atomic E-state index is 0.915. The van der Waals surface area contributed by atoms with Crippen molar-refractivity contribution in [1.29, 1.82) is 0 Å². The third kappa shape index (κ3) is 2.66. The highest BCUT2D eigenvalue weighted by molar-refractivity contribution is 5.10. The Morgan fingerprint density at radius 3 is 2.79 bits per heavy atom. The Morgan fingerprint density at radius 1 is 1.16 bits per heavy atom. The van der Waals surface area contributed by atoms with Gasteiger partial charge in [-0.2, -0.15) is 0 Å². The number of nitrogens with zero attached hydrogens (tertiary/aromatic N) is 5. The van der Waals surface area contributed by atoms with E-state index in [1.807, 2.05) is 12.4 Å². The predicted molar refractivity (Wildman–Crippen MR) is 72.6 cm³/mol. The molecule has 5 heteroatoms. The number of aromatic nitrogens is 4. The summed E-state index contributed by atoms with van der Waals surface area (Å²) in [7, 11) is 0. The lowest BCUT2D eigenvalue weighted by molar-refractivity contribution is 0.218. The van der Waals surface area contributed by atoms with Crippen molar-refractivity contribution in [3.63, 3.8) is 0 Å². The summed E-state index contributed by atoms with van der Waals surface area (Å²) < 4.78 is 2.27. The molecule has 0 bridgehead atoms. The molecule has 0 amide bonds. The van der Waals surface area contributed by atoms with E-state index in [4.69, 9.17) is 0 Å². The van der Waals surface area contributed by atoms with Gasteiger partial charge in [0, 0.05) is 38.4 Å². The first kappa shape index (κ1) is 12.3. The smallest absolute Gasteiger partial charge is 0.147 e. The van der Waals surface area contributed by atoms with Crippen LogP contribution in [0.4, 0.5) is 0 Å². The Kier molecular flexibility index (Phi) is 3.55. The maximum absolute atomic E-state index is 4.29. The van der Waals surface area contributed by atoms with Crippen molar-refractivity contribution in [2.24, 2.45) is 0 Å². The summed E-state index contributed by atoms with van der Waals surface area (Å²) in [6.07, 6.45) is 5.74. The van der Waals surface area contributed by atoms with E-state index in [0.717, 1.165) is 50.7 Å². The summed E-state index contributed by atoms with van der Waals surface area (Å²) >= 11 is 0. The maximum Gasteiger partial charge on any atom is 0.147 e. The van der Waals surface area contributed by atoms with E-state index in [1.165, 1.54) is 5.56 Å². The molecule has 0 fully saturated rings. The molecular weight excluding hydrogens is 238 g/mol. The second kappa shape index (κ2) is 5.48. The van der Waals surface area contributed by atoms with Gasteiger partial charge in [0.25, 0.3) is 0 Å². The normalized spacial score (nSPS) is 15.4. The predicted octanol–water partition coefficient (Wildman–Crippen LogP) is 1.29. The molecule has 0 unspecified atom stereocenters. The van der Waals surface area contributed by atoms with E-state index in [-0.39, 0.29) is 0 Å². The van der Waals surface area contributed by atoms with Gasteiger partial charge in [-0.15, -0.1) is 10.2 Å². The van der Waals surface area contributed by atoms with Crippen molar-refractivity contribution in [2.75, 3.05) is 13.1 Å². The molecule has 0 aromatic carbocycles. The Hall–Kier alpha value is -1.75. The first-order valence-corrected chi connectivity index (χ1v) is 6.89. The molecule has 0 N–H and O–H groups in total. The van der Waals surface area contributed by atoms with Gasteiger partial charge in [0.15, 0.2) is 0 Å². The third-order valence-corrected chi connectivity index (χ3v) is 3.69. The number of hydrogen-bond acceptors (Lipinski definition) is 4. The summed E-state index contributed by atoms with van der Waals surface area (Å²) in [6, 6.07) is 4.17. The fourth-order valence-electron chi connectivity index (χ4n) is 2.56. The van der Waals surface area contributed by atoms with Gasteiger partial charge < -0.3 is 4.57 Å². The lowest BCUT2D eigenvalue weighted by Gasteiger charge is -2.27. The molecule has 0 spiro atoms. The molecule has 5 nitrogen and oxygen atoms in total. The lowest BCUT2D eigenvalue weighted by atomic mass is 10.2. The standard InChI is InChI=1S/C14H19N5/c1-2-13-16-17-14-11-18(9-10-19(13)14)8-5-12-3-6-15-7-4-12/h3-4,6-7H,2,5,8-11H2,1H3. The minimum absolute atomic E-state index is 0.915. The molecule has 0 radical (unpaired) electrons. The average molecular weight is 257 g/mol. The van der Waals surface area contributed by atoms with E-state index in [0.29, 0.717) is 0 Å². The molecule has 3 heterocycles. The molecule has 1 aliphatic heterocycles. The summed E-state index contributed by atoms with van der Waals surface area (Å²) in [5, 5.41) is 8.54. The molecule has 0 saturated carbocycles. The van der Waals surface area contributed by atoms with Crippen molar-refractivity contribution in [3.05, 3.63) is 41.7 Å². The quantitative estimate of drug-likeness (QED) is 0.828. The van der Waals surface area contributed by atoms with E-state index >= 15 is 0 Å². The highest BCUT2D eigenvalue weighted by Gasteiger charge is 2.19. The molecule has 3 rings (SSSR count). The van der Waals surface area contributed by atoms with Crippen LogP contribution in [0.15, 0.2) is 24.5 Å². The van der Waals surface area contributed by atoms with Crippen LogP contribution in [-0.2, 0) is 25.9 Å². The SMILES string of the molecule is CCc1nnc2n1CCN(CCc1ccncc1)C2. The second-order valence-electron chi connectivity index (χ2n) is 4.92. The average Bonchev–Trinajstić information content (AvgIpc) is 2.88. The van der Waals surface area contributed by atoms with E-state index in [9.17, 15) is 0 Å². The van der Waals surface area contributed by atoms with Crippen LogP contribution in [0, 0.1) is 0 Å². The van der Waals surface area contributed by atoms with Crippen LogP contribution < -0.4 is 0 Å². The van der Waals surface area contributed by atoms with Gasteiger partial charge in [-0.3, -0.25) is 9.88 Å². The zero-order chi connectivity index (χ0) is 13.1. The van der Waals surface area contributed by atoms with Gasteiger partial charge >= 0.3 is 0 Å². The Morgan fingerprint density at radius 2 is 2.00 bits per heavy atom. The van der Waals surface area contributed by atoms with Crippen LogP contribution in [0.2, 0.25) is 0 Å². The molecular formula is C14H19N5. The first-order valence-electron chi connectivity index (χ1n) is 6.89. The molecule has 0 atom stereocenters. The number of pyridine rings is 1. The van der Waals surface area contributed by atoms with E-state index < -0.39 is 0 Å². The Labute approximate surface area is 113 Å². The van der Waals surface area contributed by atoms with Crippen LogP contribution in [0.5, 0.6) is 0 Å². The van der Waals surface area contributed by atoms with Gasteiger partial charge in [-0.25, -0.2) is 0 Å². The molecule has 100 valence electrons. The Bertz CT molecular complexity index is 534. The van der Waals surface area contributed by atoms with Crippen molar-refractivity contribution >= 4 is 0 Å². The number of rotatable bonds is 4. The topological polar surface area (TPSA) is 46.8 Å². The molecule has 1 aliphatic rings. The van der Waals surface area contributed by atoms with Crippen LogP contribution in [0.1, 0.15) is 24.1 Å². The summed E-state index contributed by atoms with van der Waals surface area (Å²) in [5.41, 5.74) is 1.34. The third-order valence-electron chi connectivity index (χ3n) is 3.69. The molecule has 2 aromatic heterocycles. The van der Waals surface area contributed by atoms with Crippen LogP contribution in [0.25, 0.3) is 0 Å². The van der Waals surface area contributed by atoms with Crippen LogP contribution >= 0.6 is 0 Å². The Balaban J connectivity index is 1.60. The highest BCUT2D eigenvalue weighted by Crippen LogP contribution is 2.13. The summed E-state index contributed by atoms with van der Waals surface area (Å²) in [5.74, 6) is 2.22. The number of fused-ring (bicyclic) bond motifs is 1. The van der Waals surface area contributed by atoms with Gasteiger partial charge in [-0.05, 0) is 24.1 Å². The number of hydrogen-bond donors (Lipinski definition) is 0. The van der Waals surface area contributed by atoms with E-state index in [2.05, 4.69) is 43.7 Å². The fourth-order valence-corrected chi connectivity index (χ4v) is 2.56. The molecule has 0 saturated heterocycles. The van der Waals surface area contributed by atoms with Gasteiger partial charge in [0.05, 0.1) is 6.54 Å². The summed E-state index contributed by atoms with van der Waals surface area (Å²) in [4.78, 5) is 6.50. The van der Waals surface area contributed by atoms with Crippen LogP contribution in [0.3, 0.4) is 0 Å². The lowest BCUT2D eigenvalue weighted by Crippen LogP contribution is -2.35. The van der Waals surface area contributed by atoms with Crippen molar-refractivity contribution < 1.29 is 0 Å². The number of aryl methyl sites for hydroxylation is 1. The van der Waals surface area contributed by atoms with Crippen molar-refractivity contribution in [3.8, 4) is 0 Å². The zero-order valence-corrected chi connectivity index (χ0v) is 11.3. The zero-order valence-electron chi connectivity index (χ0n) is 11.3. The van der Waals surface area contributed by atoms with Crippen molar-refractivity contribution in [1.82, 2.24) is 24.6 Å². The minimum Gasteiger partial charge on any atom is -0.313 e.